The quantitative estimate of drug-likeness (QED) is 0.332. The van der Waals surface area contributed by atoms with Crippen LogP contribution >= 0.6 is 0 Å². The summed E-state index contributed by atoms with van der Waals surface area (Å²) in [6.45, 7) is 2.17. The molecule has 1 nitrogen and oxygen atoms in total. The van der Waals surface area contributed by atoms with Crippen LogP contribution in [0.1, 0.15) is 5.56 Å². The maximum Gasteiger partial charge on any atom is 0.136 e. The number of hydrogen-bond donors (Lipinski definition) is 0. The molecular weight excluding hydrogens is 316 g/mol. The van der Waals surface area contributed by atoms with Crippen molar-refractivity contribution >= 4 is 21.9 Å². The van der Waals surface area contributed by atoms with E-state index in [0.717, 1.165) is 11.2 Å². The Hall–Kier alpha value is -3.32. The molecule has 4 aromatic carbocycles. The highest BCUT2D eigenvalue weighted by molar-refractivity contribution is 6.06. The fourth-order valence-electron chi connectivity index (χ4n) is 3.79. The highest BCUT2D eigenvalue weighted by atomic mass is 16.3. The molecule has 0 aliphatic heterocycles. The average Bonchev–Trinajstić information content (AvgIpc) is 3.06. The summed E-state index contributed by atoms with van der Waals surface area (Å²) >= 11 is 0. The molecule has 0 bridgehead atoms. The monoisotopic (exact) mass is 334 g/mol. The van der Waals surface area contributed by atoms with Crippen molar-refractivity contribution in [2.75, 3.05) is 0 Å². The van der Waals surface area contributed by atoms with Gasteiger partial charge in [-0.25, -0.2) is 0 Å². The average molecular weight is 334 g/mol. The molecule has 1 heteroatoms. The van der Waals surface area contributed by atoms with Gasteiger partial charge in [0.1, 0.15) is 11.2 Å². The first-order chi connectivity index (χ1) is 12.8. The largest absolute Gasteiger partial charge is 0.456 e. The van der Waals surface area contributed by atoms with Crippen molar-refractivity contribution < 1.29 is 4.42 Å². The van der Waals surface area contributed by atoms with Gasteiger partial charge in [0, 0.05) is 10.8 Å². The van der Waals surface area contributed by atoms with E-state index in [4.69, 9.17) is 4.42 Å². The van der Waals surface area contributed by atoms with Gasteiger partial charge in [0.2, 0.25) is 0 Å². The van der Waals surface area contributed by atoms with Crippen LogP contribution in [-0.4, -0.2) is 0 Å². The van der Waals surface area contributed by atoms with E-state index in [1.165, 1.54) is 38.6 Å². The smallest absolute Gasteiger partial charge is 0.136 e. The van der Waals surface area contributed by atoms with Crippen molar-refractivity contribution in [2.24, 2.45) is 0 Å². The van der Waals surface area contributed by atoms with Gasteiger partial charge in [-0.2, -0.15) is 0 Å². The van der Waals surface area contributed by atoms with E-state index < -0.39 is 0 Å². The Kier molecular flexibility index (Phi) is 3.39. The van der Waals surface area contributed by atoms with Crippen molar-refractivity contribution in [3.8, 4) is 22.3 Å². The summed E-state index contributed by atoms with van der Waals surface area (Å²) in [6.07, 6.45) is 0. The highest BCUT2D eigenvalue weighted by Crippen LogP contribution is 2.37. The lowest BCUT2D eigenvalue weighted by atomic mass is 9.91. The molecule has 1 heterocycles. The summed E-state index contributed by atoms with van der Waals surface area (Å²) in [7, 11) is 0. The third-order valence-electron chi connectivity index (χ3n) is 5.03. The summed E-state index contributed by atoms with van der Waals surface area (Å²) in [5, 5.41) is 2.33. The molecule has 5 rings (SSSR count). The van der Waals surface area contributed by atoms with Crippen LogP contribution in [0.25, 0.3) is 44.2 Å². The molecule has 5 aromatic rings. The standard InChI is InChI=1S/C25H18O/c1-17-8-7-12-20(25(17)18-9-3-2-4-10-18)19-14-15-22-21-11-5-6-13-23(21)26-24(22)16-19/h2-16H,1H3. The molecule has 0 amide bonds. The Morgan fingerprint density at radius 1 is 0.577 bits per heavy atom. The van der Waals surface area contributed by atoms with Gasteiger partial charge in [0.15, 0.2) is 0 Å². The molecule has 0 saturated carbocycles. The lowest BCUT2D eigenvalue weighted by Crippen LogP contribution is -1.89. The van der Waals surface area contributed by atoms with E-state index >= 15 is 0 Å². The van der Waals surface area contributed by atoms with E-state index in [1.807, 2.05) is 12.1 Å². The molecule has 0 aliphatic carbocycles. The van der Waals surface area contributed by atoms with Crippen LogP contribution in [0, 0.1) is 6.92 Å². The highest BCUT2D eigenvalue weighted by Gasteiger charge is 2.12. The van der Waals surface area contributed by atoms with Gasteiger partial charge in [0.25, 0.3) is 0 Å². The number of benzene rings is 4. The predicted octanol–water partition coefficient (Wildman–Crippen LogP) is 7.23. The van der Waals surface area contributed by atoms with E-state index in [9.17, 15) is 0 Å². The van der Waals surface area contributed by atoms with E-state index in [-0.39, 0.29) is 0 Å². The van der Waals surface area contributed by atoms with Crippen LogP contribution < -0.4 is 0 Å². The number of hydrogen-bond acceptors (Lipinski definition) is 1. The fourth-order valence-corrected chi connectivity index (χ4v) is 3.79. The third-order valence-corrected chi connectivity index (χ3v) is 5.03. The zero-order valence-corrected chi connectivity index (χ0v) is 14.6. The first-order valence-electron chi connectivity index (χ1n) is 8.88. The van der Waals surface area contributed by atoms with Gasteiger partial charge in [-0.3, -0.25) is 0 Å². The van der Waals surface area contributed by atoms with Crippen LogP contribution in [0.3, 0.4) is 0 Å². The summed E-state index contributed by atoms with van der Waals surface area (Å²) in [6, 6.07) is 31.8. The van der Waals surface area contributed by atoms with Crippen LogP contribution in [-0.2, 0) is 0 Å². The van der Waals surface area contributed by atoms with Gasteiger partial charge in [0.05, 0.1) is 0 Å². The molecular formula is C25H18O. The van der Waals surface area contributed by atoms with Crippen molar-refractivity contribution in [3.63, 3.8) is 0 Å². The van der Waals surface area contributed by atoms with Gasteiger partial charge in [-0.05, 0) is 52.9 Å². The van der Waals surface area contributed by atoms with Crippen molar-refractivity contribution in [2.45, 2.75) is 6.92 Å². The Labute approximate surface area is 152 Å². The molecule has 0 spiro atoms. The van der Waals surface area contributed by atoms with E-state index in [2.05, 4.69) is 85.8 Å². The third kappa shape index (κ3) is 2.33. The number of furan rings is 1. The minimum Gasteiger partial charge on any atom is -0.456 e. The van der Waals surface area contributed by atoms with Crippen LogP contribution in [0.2, 0.25) is 0 Å². The fraction of sp³-hybridized carbons (Fsp3) is 0.0400. The molecule has 1 aromatic heterocycles. The SMILES string of the molecule is Cc1cccc(-c2ccc3c(c2)oc2ccccc23)c1-c1ccccc1. The van der Waals surface area contributed by atoms with Crippen molar-refractivity contribution in [1.29, 1.82) is 0 Å². The molecule has 26 heavy (non-hydrogen) atoms. The van der Waals surface area contributed by atoms with Gasteiger partial charge >= 0.3 is 0 Å². The topological polar surface area (TPSA) is 13.1 Å². The first-order valence-corrected chi connectivity index (χ1v) is 8.88. The minimum atomic E-state index is 0.934. The lowest BCUT2D eigenvalue weighted by molar-refractivity contribution is 0.669. The van der Waals surface area contributed by atoms with Crippen LogP contribution in [0.5, 0.6) is 0 Å². The number of fused-ring (bicyclic) bond motifs is 3. The van der Waals surface area contributed by atoms with Crippen LogP contribution in [0.15, 0.2) is 95.4 Å². The van der Waals surface area contributed by atoms with Gasteiger partial charge < -0.3 is 4.42 Å². The maximum absolute atomic E-state index is 6.09. The molecule has 0 radical (unpaired) electrons. The van der Waals surface area contributed by atoms with Gasteiger partial charge in [-0.1, -0.05) is 72.8 Å². The number of para-hydroxylation sites is 1. The molecule has 124 valence electrons. The lowest BCUT2D eigenvalue weighted by Gasteiger charge is -2.13. The Balaban J connectivity index is 1.76. The summed E-state index contributed by atoms with van der Waals surface area (Å²) < 4.78 is 6.09. The van der Waals surface area contributed by atoms with E-state index in [1.54, 1.807) is 0 Å². The molecule has 0 atom stereocenters. The Bertz CT molecular complexity index is 1230. The second-order valence-electron chi connectivity index (χ2n) is 6.67. The first kappa shape index (κ1) is 15.0. The zero-order valence-electron chi connectivity index (χ0n) is 14.6. The normalized spacial score (nSPS) is 11.3. The molecule has 0 aliphatic rings. The summed E-state index contributed by atoms with van der Waals surface area (Å²) in [4.78, 5) is 0. The second kappa shape index (κ2) is 5.89. The summed E-state index contributed by atoms with van der Waals surface area (Å²) in [5.74, 6) is 0. The maximum atomic E-state index is 6.09. The van der Waals surface area contributed by atoms with E-state index in [0.29, 0.717) is 0 Å². The minimum absolute atomic E-state index is 0.934. The molecule has 0 saturated heterocycles. The molecule has 0 unspecified atom stereocenters. The Morgan fingerprint density at radius 2 is 1.35 bits per heavy atom. The zero-order chi connectivity index (χ0) is 17.5. The predicted molar refractivity (Wildman–Crippen MR) is 109 cm³/mol. The number of rotatable bonds is 2. The van der Waals surface area contributed by atoms with Crippen LogP contribution in [0.4, 0.5) is 0 Å². The number of aryl methyl sites for hydroxylation is 1. The molecule has 0 N–H and O–H groups in total. The van der Waals surface area contributed by atoms with Crippen molar-refractivity contribution in [3.05, 3.63) is 96.6 Å². The molecule has 0 fully saturated rings. The summed E-state index contributed by atoms with van der Waals surface area (Å²) in [5.41, 5.74) is 8.08. The second-order valence-corrected chi connectivity index (χ2v) is 6.67. The Morgan fingerprint density at radius 3 is 2.23 bits per heavy atom. The van der Waals surface area contributed by atoms with Gasteiger partial charge in [-0.15, -0.1) is 0 Å². The van der Waals surface area contributed by atoms with Crippen molar-refractivity contribution in [1.82, 2.24) is 0 Å².